The van der Waals surface area contributed by atoms with E-state index < -0.39 is 11.6 Å². The molecule has 0 aliphatic heterocycles. The van der Waals surface area contributed by atoms with Crippen molar-refractivity contribution in [2.24, 2.45) is 0 Å². The number of hydrogen-bond donors (Lipinski definition) is 1. The first-order valence-corrected chi connectivity index (χ1v) is 5.78. The lowest BCUT2D eigenvalue weighted by molar-refractivity contribution is 0.431. The molecule has 2 N–H and O–H groups in total. The van der Waals surface area contributed by atoms with Crippen LogP contribution < -0.4 is 5.73 Å². The fourth-order valence-electron chi connectivity index (χ4n) is 1.72. The second-order valence-corrected chi connectivity index (χ2v) is 4.17. The second kappa shape index (κ2) is 4.73. The van der Waals surface area contributed by atoms with Crippen LogP contribution >= 0.6 is 0 Å². The van der Waals surface area contributed by atoms with Gasteiger partial charge in [0.15, 0.2) is 11.6 Å². The SMILES string of the molecule is Nc1ccc(-c2noc(-c3ccc(F)c(F)c3)n2)cc1. The van der Waals surface area contributed by atoms with E-state index in [2.05, 4.69) is 10.1 Å². The molecule has 0 atom stereocenters. The first kappa shape index (κ1) is 12.3. The summed E-state index contributed by atoms with van der Waals surface area (Å²) in [6.07, 6.45) is 0. The van der Waals surface area contributed by atoms with Gasteiger partial charge in [-0.15, -0.1) is 0 Å². The van der Waals surface area contributed by atoms with Gasteiger partial charge in [-0.3, -0.25) is 0 Å². The van der Waals surface area contributed by atoms with Crippen LogP contribution in [0.5, 0.6) is 0 Å². The first-order valence-electron chi connectivity index (χ1n) is 5.78. The fraction of sp³-hybridized carbons (Fsp3) is 0. The molecule has 0 spiro atoms. The molecular weight excluding hydrogens is 264 g/mol. The Bertz CT molecular complexity index is 753. The summed E-state index contributed by atoms with van der Waals surface area (Å²) in [4.78, 5) is 4.14. The van der Waals surface area contributed by atoms with Crippen LogP contribution in [-0.2, 0) is 0 Å². The summed E-state index contributed by atoms with van der Waals surface area (Å²) in [6, 6.07) is 10.3. The van der Waals surface area contributed by atoms with E-state index in [1.807, 2.05) is 0 Å². The molecule has 0 bridgehead atoms. The van der Waals surface area contributed by atoms with E-state index >= 15 is 0 Å². The van der Waals surface area contributed by atoms with Crippen molar-refractivity contribution in [3.63, 3.8) is 0 Å². The molecule has 0 fully saturated rings. The zero-order valence-electron chi connectivity index (χ0n) is 10.2. The van der Waals surface area contributed by atoms with Crippen molar-refractivity contribution in [2.75, 3.05) is 5.73 Å². The summed E-state index contributed by atoms with van der Waals surface area (Å²) in [5.74, 6) is -1.41. The monoisotopic (exact) mass is 273 g/mol. The van der Waals surface area contributed by atoms with Gasteiger partial charge in [0, 0.05) is 16.8 Å². The topological polar surface area (TPSA) is 64.9 Å². The van der Waals surface area contributed by atoms with Gasteiger partial charge in [0.05, 0.1) is 0 Å². The van der Waals surface area contributed by atoms with Crippen LogP contribution in [0.4, 0.5) is 14.5 Å². The standard InChI is InChI=1S/C14H9F2N3O/c15-11-6-3-9(7-12(11)16)14-18-13(19-20-14)8-1-4-10(17)5-2-8/h1-7H,17H2. The number of anilines is 1. The van der Waals surface area contributed by atoms with Crippen LogP contribution in [0.2, 0.25) is 0 Å². The number of halogens is 2. The molecule has 3 aromatic rings. The molecule has 0 saturated heterocycles. The third kappa shape index (κ3) is 2.23. The van der Waals surface area contributed by atoms with Gasteiger partial charge in [0.1, 0.15) is 0 Å². The highest BCUT2D eigenvalue weighted by Crippen LogP contribution is 2.23. The van der Waals surface area contributed by atoms with Crippen molar-refractivity contribution in [1.82, 2.24) is 10.1 Å². The molecule has 0 unspecified atom stereocenters. The highest BCUT2D eigenvalue weighted by molar-refractivity contribution is 5.61. The summed E-state index contributed by atoms with van der Waals surface area (Å²) in [5, 5.41) is 3.80. The van der Waals surface area contributed by atoms with Crippen LogP contribution in [0, 0.1) is 11.6 Å². The van der Waals surface area contributed by atoms with Gasteiger partial charge >= 0.3 is 0 Å². The number of aromatic nitrogens is 2. The van der Waals surface area contributed by atoms with Crippen molar-refractivity contribution < 1.29 is 13.3 Å². The average Bonchev–Trinajstić information content (AvgIpc) is 2.92. The van der Waals surface area contributed by atoms with Gasteiger partial charge in [-0.2, -0.15) is 4.98 Å². The average molecular weight is 273 g/mol. The Morgan fingerprint density at radius 2 is 1.60 bits per heavy atom. The number of hydrogen-bond acceptors (Lipinski definition) is 4. The minimum atomic E-state index is -0.963. The number of nitrogen functional groups attached to an aromatic ring is 1. The van der Waals surface area contributed by atoms with Gasteiger partial charge in [-0.1, -0.05) is 5.16 Å². The molecule has 3 rings (SSSR count). The summed E-state index contributed by atoms with van der Waals surface area (Å²) < 4.78 is 31.1. The first-order chi connectivity index (χ1) is 9.63. The molecule has 1 aromatic heterocycles. The van der Waals surface area contributed by atoms with Crippen LogP contribution in [0.15, 0.2) is 47.0 Å². The Hall–Kier alpha value is -2.76. The number of nitrogens with two attached hydrogens (primary N) is 1. The predicted octanol–water partition coefficient (Wildman–Crippen LogP) is 3.26. The number of benzene rings is 2. The lowest BCUT2D eigenvalue weighted by atomic mass is 10.2. The quantitative estimate of drug-likeness (QED) is 0.728. The van der Waals surface area contributed by atoms with E-state index in [4.69, 9.17) is 10.3 Å². The van der Waals surface area contributed by atoms with E-state index in [-0.39, 0.29) is 5.89 Å². The Morgan fingerprint density at radius 1 is 0.900 bits per heavy atom. The zero-order chi connectivity index (χ0) is 14.1. The van der Waals surface area contributed by atoms with E-state index in [0.29, 0.717) is 17.1 Å². The third-order valence-corrected chi connectivity index (χ3v) is 2.76. The van der Waals surface area contributed by atoms with Crippen LogP contribution in [0.3, 0.4) is 0 Å². The largest absolute Gasteiger partial charge is 0.399 e. The van der Waals surface area contributed by atoms with E-state index in [1.165, 1.54) is 6.07 Å². The molecule has 4 nitrogen and oxygen atoms in total. The smallest absolute Gasteiger partial charge is 0.258 e. The molecule has 6 heteroatoms. The van der Waals surface area contributed by atoms with Gasteiger partial charge in [0.2, 0.25) is 5.82 Å². The maximum atomic E-state index is 13.2. The maximum absolute atomic E-state index is 13.2. The minimum absolute atomic E-state index is 0.121. The van der Waals surface area contributed by atoms with Gasteiger partial charge in [-0.05, 0) is 42.5 Å². The molecule has 1 heterocycles. The van der Waals surface area contributed by atoms with Crippen LogP contribution in [-0.4, -0.2) is 10.1 Å². The molecule has 0 amide bonds. The molecule has 100 valence electrons. The minimum Gasteiger partial charge on any atom is -0.399 e. The summed E-state index contributed by atoms with van der Waals surface area (Å²) in [5.41, 5.74) is 7.25. The summed E-state index contributed by atoms with van der Waals surface area (Å²) >= 11 is 0. The molecule has 0 aliphatic carbocycles. The van der Waals surface area contributed by atoms with Crippen molar-refractivity contribution in [3.05, 3.63) is 54.1 Å². The normalized spacial score (nSPS) is 10.7. The maximum Gasteiger partial charge on any atom is 0.258 e. The van der Waals surface area contributed by atoms with Crippen LogP contribution in [0.25, 0.3) is 22.8 Å². The Balaban J connectivity index is 1.97. The number of nitrogens with zero attached hydrogens (tertiary/aromatic N) is 2. The Kier molecular flexibility index (Phi) is 2.90. The van der Waals surface area contributed by atoms with Crippen LogP contribution in [0.1, 0.15) is 0 Å². The highest BCUT2D eigenvalue weighted by atomic mass is 19.2. The Morgan fingerprint density at radius 3 is 2.30 bits per heavy atom. The lowest BCUT2D eigenvalue weighted by Crippen LogP contribution is -1.86. The summed E-state index contributed by atoms with van der Waals surface area (Å²) in [7, 11) is 0. The molecule has 20 heavy (non-hydrogen) atoms. The molecular formula is C14H9F2N3O. The van der Waals surface area contributed by atoms with Gasteiger partial charge < -0.3 is 10.3 Å². The van der Waals surface area contributed by atoms with E-state index in [0.717, 1.165) is 17.7 Å². The lowest BCUT2D eigenvalue weighted by Gasteiger charge is -1.96. The molecule has 0 saturated carbocycles. The third-order valence-electron chi connectivity index (χ3n) is 2.76. The predicted molar refractivity (Wildman–Crippen MR) is 69.5 cm³/mol. The van der Waals surface area contributed by atoms with Crippen molar-refractivity contribution in [3.8, 4) is 22.8 Å². The fourth-order valence-corrected chi connectivity index (χ4v) is 1.72. The summed E-state index contributed by atoms with van der Waals surface area (Å²) in [6.45, 7) is 0. The Labute approximate surface area is 112 Å². The van der Waals surface area contributed by atoms with Gasteiger partial charge in [0.25, 0.3) is 5.89 Å². The second-order valence-electron chi connectivity index (χ2n) is 4.17. The van der Waals surface area contributed by atoms with Crippen molar-refractivity contribution in [2.45, 2.75) is 0 Å². The van der Waals surface area contributed by atoms with E-state index in [9.17, 15) is 8.78 Å². The van der Waals surface area contributed by atoms with E-state index in [1.54, 1.807) is 24.3 Å². The number of rotatable bonds is 2. The highest BCUT2D eigenvalue weighted by Gasteiger charge is 2.12. The van der Waals surface area contributed by atoms with Crippen molar-refractivity contribution in [1.29, 1.82) is 0 Å². The van der Waals surface area contributed by atoms with Gasteiger partial charge in [-0.25, -0.2) is 8.78 Å². The van der Waals surface area contributed by atoms with Crippen molar-refractivity contribution >= 4 is 5.69 Å². The molecule has 2 aromatic carbocycles. The molecule has 0 radical (unpaired) electrons. The zero-order valence-corrected chi connectivity index (χ0v) is 10.2. The molecule has 0 aliphatic rings.